The van der Waals surface area contributed by atoms with Gasteiger partial charge in [-0.25, -0.2) is 0 Å². The molecule has 0 spiro atoms. The van der Waals surface area contributed by atoms with Crippen LogP contribution in [0.25, 0.3) is 6.08 Å². The van der Waals surface area contributed by atoms with Crippen molar-refractivity contribution in [2.24, 2.45) is 0 Å². The first-order valence-electron chi connectivity index (χ1n) is 4.09. The van der Waals surface area contributed by atoms with Crippen molar-refractivity contribution in [2.75, 3.05) is 0 Å². The predicted molar refractivity (Wildman–Crippen MR) is 50.5 cm³/mol. The Kier molecular flexibility index (Phi) is 6.17. The zero-order valence-corrected chi connectivity index (χ0v) is 10.7. The monoisotopic (exact) mass is 212 g/mol. The molecule has 1 aromatic carbocycles. The van der Waals surface area contributed by atoms with Gasteiger partial charge in [-0.1, -0.05) is 30.3 Å². The molecule has 0 aromatic heterocycles. The van der Waals surface area contributed by atoms with Crippen molar-refractivity contribution >= 4 is 17.8 Å². The van der Waals surface area contributed by atoms with Crippen molar-refractivity contribution < 1.29 is 44.3 Å². The van der Waals surface area contributed by atoms with E-state index in [0.29, 0.717) is 5.56 Å². The zero-order chi connectivity index (χ0) is 10.6. The first-order chi connectivity index (χ1) is 6.59. The van der Waals surface area contributed by atoms with Gasteiger partial charge in [0.25, 0.3) is 0 Å². The van der Waals surface area contributed by atoms with Gasteiger partial charge in [0.05, 0.1) is 5.97 Å². The van der Waals surface area contributed by atoms with E-state index in [1.165, 1.54) is 13.0 Å². The number of carboxylic acid groups (broad SMARTS) is 1. The molecule has 0 atom stereocenters. The average molecular weight is 212 g/mol. The van der Waals surface area contributed by atoms with E-state index in [1.807, 2.05) is 0 Å². The quantitative estimate of drug-likeness (QED) is 0.320. The first-order valence-corrected chi connectivity index (χ1v) is 4.09. The Balaban J connectivity index is 0.00000196. The van der Waals surface area contributed by atoms with E-state index >= 15 is 0 Å². The fourth-order valence-electron chi connectivity index (χ4n) is 0.993. The van der Waals surface area contributed by atoms with E-state index in [2.05, 4.69) is 0 Å². The molecule has 4 heteroatoms. The standard InChI is InChI=1S/C11H10O3.Na/c1-8(12)10-5-2-9(3-6-10)4-7-11(13)14;/h2-7H,1H3,(H,13,14);/q;+1/p-1/b7-4+;. The normalized spacial score (nSPS) is 9.67. The van der Waals surface area contributed by atoms with Gasteiger partial charge in [-0.2, -0.15) is 0 Å². The summed E-state index contributed by atoms with van der Waals surface area (Å²) in [5.74, 6) is -1.25. The number of carboxylic acids is 1. The number of Topliss-reactive ketones (excluding diaryl/α,β-unsaturated/α-hetero) is 1. The zero-order valence-electron chi connectivity index (χ0n) is 8.69. The molecule has 0 saturated carbocycles. The molecule has 0 fully saturated rings. The van der Waals surface area contributed by atoms with Crippen LogP contribution in [0.1, 0.15) is 22.8 Å². The van der Waals surface area contributed by atoms with Crippen molar-refractivity contribution in [1.29, 1.82) is 0 Å². The second-order valence-electron chi connectivity index (χ2n) is 2.83. The van der Waals surface area contributed by atoms with Gasteiger partial charge in [-0.05, 0) is 18.6 Å². The maximum atomic E-state index is 10.9. The molecule has 0 aliphatic carbocycles. The number of carbonyl (C=O) groups is 2. The molecular formula is C11H9NaO3. The minimum Gasteiger partial charge on any atom is -0.545 e. The van der Waals surface area contributed by atoms with E-state index in [1.54, 1.807) is 24.3 Å². The molecule has 0 aliphatic rings. The van der Waals surface area contributed by atoms with Crippen LogP contribution in [0.2, 0.25) is 0 Å². The number of hydrogen-bond donors (Lipinski definition) is 0. The minimum absolute atomic E-state index is 0. The van der Waals surface area contributed by atoms with Crippen LogP contribution in [0.15, 0.2) is 30.3 Å². The summed E-state index contributed by atoms with van der Waals surface area (Å²) < 4.78 is 0. The van der Waals surface area contributed by atoms with E-state index in [9.17, 15) is 14.7 Å². The molecule has 1 aromatic rings. The maximum absolute atomic E-state index is 10.9. The van der Waals surface area contributed by atoms with Gasteiger partial charge in [0, 0.05) is 5.56 Å². The smallest absolute Gasteiger partial charge is 0.545 e. The topological polar surface area (TPSA) is 57.2 Å². The van der Waals surface area contributed by atoms with Crippen molar-refractivity contribution in [3.63, 3.8) is 0 Å². The van der Waals surface area contributed by atoms with E-state index in [-0.39, 0.29) is 35.3 Å². The Hall–Kier alpha value is -0.900. The Morgan fingerprint density at radius 1 is 1.20 bits per heavy atom. The Morgan fingerprint density at radius 3 is 2.13 bits per heavy atom. The number of hydrogen-bond acceptors (Lipinski definition) is 3. The van der Waals surface area contributed by atoms with Gasteiger partial charge in [-0.15, -0.1) is 0 Å². The summed E-state index contributed by atoms with van der Waals surface area (Å²) in [6, 6.07) is 6.65. The number of aliphatic carboxylic acids is 1. The van der Waals surface area contributed by atoms with Gasteiger partial charge in [0.1, 0.15) is 0 Å². The molecule has 0 bridgehead atoms. The molecule has 3 nitrogen and oxygen atoms in total. The van der Waals surface area contributed by atoms with Crippen molar-refractivity contribution in [3.8, 4) is 0 Å². The Morgan fingerprint density at radius 2 is 1.73 bits per heavy atom. The van der Waals surface area contributed by atoms with Crippen LogP contribution in [-0.2, 0) is 4.79 Å². The Labute approximate surface area is 110 Å². The maximum Gasteiger partial charge on any atom is 1.00 e. The van der Waals surface area contributed by atoms with Gasteiger partial charge in [-0.3, -0.25) is 4.79 Å². The van der Waals surface area contributed by atoms with Gasteiger partial charge in [0.15, 0.2) is 5.78 Å². The molecule has 0 radical (unpaired) electrons. The first kappa shape index (κ1) is 14.1. The second-order valence-corrected chi connectivity index (χ2v) is 2.83. The molecule has 0 unspecified atom stereocenters. The number of ketones is 1. The van der Waals surface area contributed by atoms with E-state index < -0.39 is 5.97 Å². The number of rotatable bonds is 3. The average Bonchev–Trinajstić information content (AvgIpc) is 2.15. The molecule has 15 heavy (non-hydrogen) atoms. The summed E-state index contributed by atoms with van der Waals surface area (Å²) in [6.45, 7) is 1.48. The molecule has 0 aliphatic heterocycles. The fraction of sp³-hybridized carbons (Fsp3) is 0.0909. The Bertz CT molecular complexity index is 379. The van der Waals surface area contributed by atoms with Crippen LogP contribution in [0.3, 0.4) is 0 Å². The molecular weight excluding hydrogens is 203 g/mol. The molecule has 0 heterocycles. The van der Waals surface area contributed by atoms with E-state index in [4.69, 9.17) is 0 Å². The van der Waals surface area contributed by atoms with Crippen LogP contribution in [0, 0.1) is 0 Å². The van der Waals surface area contributed by atoms with Crippen molar-refractivity contribution in [1.82, 2.24) is 0 Å². The second kappa shape index (κ2) is 6.56. The third-order valence-corrected chi connectivity index (χ3v) is 1.73. The SMILES string of the molecule is CC(=O)c1ccc(/C=C/C(=O)[O-])cc1.[Na+]. The molecule has 1 rings (SSSR count). The summed E-state index contributed by atoms with van der Waals surface area (Å²) in [5.41, 5.74) is 1.33. The molecule has 0 N–H and O–H groups in total. The van der Waals surface area contributed by atoms with Gasteiger partial charge < -0.3 is 9.90 Å². The summed E-state index contributed by atoms with van der Waals surface area (Å²) in [4.78, 5) is 21.0. The fourth-order valence-corrected chi connectivity index (χ4v) is 0.993. The van der Waals surface area contributed by atoms with Crippen LogP contribution in [0.5, 0.6) is 0 Å². The third-order valence-electron chi connectivity index (χ3n) is 1.73. The van der Waals surface area contributed by atoms with Crippen LogP contribution >= 0.6 is 0 Å². The molecule has 0 saturated heterocycles. The summed E-state index contributed by atoms with van der Waals surface area (Å²) >= 11 is 0. The van der Waals surface area contributed by atoms with Crippen LogP contribution in [-0.4, -0.2) is 11.8 Å². The van der Waals surface area contributed by atoms with Crippen LogP contribution in [0.4, 0.5) is 0 Å². The molecule has 0 amide bonds. The summed E-state index contributed by atoms with van der Waals surface area (Å²) in [7, 11) is 0. The number of carbonyl (C=O) groups excluding carboxylic acids is 2. The van der Waals surface area contributed by atoms with E-state index in [0.717, 1.165) is 11.6 Å². The minimum atomic E-state index is -1.24. The van der Waals surface area contributed by atoms with Crippen molar-refractivity contribution in [2.45, 2.75) is 6.92 Å². The van der Waals surface area contributed by atoms with Crippen molar-refractivity contribution in [3.05, 3.63) is 41.5 Å². The van der Waals surface area contributed by atoms with Crippen LogP contribution < -0.4 is 34.7 Å². The largest absolute Gasteiger partial charge is 1.00 e. The van der Waals surface area contributed by atoms with Gasteiger partial charge in [0.2, 0.25) is 0 Å². The predicted octanol–water partition coefficient (Wildman–Crippen LogP) is -2.34. The molecule has 72 valence electrons. The van der Waals surface area contributed by atoms with Gasteiger partial charge >= 0.3 is 29.6 Å². The third kappa shape index (κ3) is 4.93. The summed E-state index contributed by atoms with van der Waals surface area (Å²) in [5, 5.41) is 10.1. The summed E-state index contributed by atoms with van der Waals surface area (Å²) in [6.07, 6.45) is 2.36. The number of benzene rings is 1.